The molecule has 0 bridgehead atoms. The molecule has 1 fully saturated rings. The Balaban J connectivity index is 2.12. The molecule has 0 aromatic carbocycles. The molecule has 0 aromatic heterocycles. The first-order valence-corrected chi connectivity index (χ1v) is 7.61. The van der Waals surface area contributed by atoms with Gasteiger partial charge < -0.3 is 19.9 Å². The molecule has 1 amide bonds. The van der Waals surface area contributed by atoms with E-state index in [9.17, 15) is 4.79 Å². The fourth-order valence-electron chi connectivity index (χ4n) is 2.63. The van der Waals surface area contributed by atoms with Gasteiger partial charge in [0.05, 0.1) is 19.3 Å². The summed E-state index contributed by atoms with van der Waals surface area (Å²) < 4.78 is 10.8. The number of ether oxygens (including phenoxy) is 2. The Morgan fingerprint density at radius 3 is 2.75 bits per heavy atom. The van der Waals surface area contributed by atoms with Crippen LogP contribution in [0.15, 0.2) is 0 Å². The second kappa shape index (κ2) is 8.47. The highest BCUT2D eigenvalue weighted by atomic mass is 16.6. The van der Waals surface area contributed by atoms with Crippen molar-refractivity contribution in [2.75, 3.05) is 19.8 Å². The maximum Gasteiger partial charge on any atom is 0.407 e. The summed E-state index contributed by atoms with van der Waals surface area (Å²) in [5, 5.41) is 11.6. The molecule has 2 N–H and O–H groups in total. The Bertz CT molecular complexity index is 288. The van der Waals surface area contributed by atoms with Gasteiger partial charge in [0.15, 0.2) is 0 Å². The van der Waals surface area contributed by atoms with Crippen LogP contribution in [0, 0.1) is 5.92 Å². The van der Waals surface area contributed by atoms with Crippen molar-refractivity contribution in [1.29, 1.82) is 0 Å². The van der Waals surface area contributed by atoms with Gasteiger partial charge in [-0.25, -0.2) is 4.79 Å². The molecule has 20 heavy (non-hydrogen) atoms. The van der Waals surface area contributed by atoms with E-state index in [4.69, 9.17) is 14.6 Å². The molecule has 0 saturated heterocycles. The summed E-state index contributed by atoms with van der Waals surface area (Å²) in [5.74, 6) is 0.557. The van der Waals surface area contributed by atoms with Crippen LogP contribution in [-0.2, 0) is 9.47 Å². The Labute approximate surface area is 122 Å². The lowest BCUT2D eigenvalue weighted by Gasteiger charge is -2.21. The average molecular weight is 287 g/mol. The van der Waals surface area contributed by atoms with Gasteiger partial charge in [-0.2, -0.15) is 0 Å². The van der Waals surface area contributed by atoms with Crippen LogP contribution < -0.4 is 5.32 Å². The maximum atomic E-state index is 11.5. The minimum absolute atomic E-state index is 0.0867. The van der Waals surface area contributed by atoms with Crippen LogP contribution in [0.3, 0.4) is 0 Å². The highest BCUT2D eigenvalue weighted by molar-refractivity contribution is 5.67. The minimum Gasteiger partial charge on any atom is -0.444 e. The zero-order valence-electron chi connectivity index (χ0n) is 13.0. The van der Waals surface area contributed by atoms with Gasteiger partial charge in [0.25, 0.3) is 0 Å². The number of hydrogen-bond donors (Lipinski definition) is 2. The van der Waals surface area contributed by atoms with Crippen LogP contribution in [0.5, 0.6) is 0 Å². The quantitative estimate of drug-likeness (QED) is 0.706. The Morgan fingerprint density at radius 2 is 2.10 bits per heavy atom. The highest BCUT2D eigenvalue weighted by Crippen LogP contribution is 2.31. The van der Waals surface area contributed by atoms with Gasteiger partial charge >= 0.3 is 6.09 Å². The van der Waals surface area contributed by atoms with Crippen molar-refractivity contribution in [3.05, 3.63) is 0 Å². The molecular formula is C15H29NO4. The van der Waals surface area contributed by atoms with E-state index in [0.29, 0.717) is 19.1 Å². The third-order valence-corrected chi connectivity index (χ3v) is 3.43. The van der Waals surface area contributed by atoms with E-state index in [-0.39, 0.29) is 18.8 Å². The topological polar surface area (TPSA) is 67.8 Å². The number of carbonyl (C=O) groups excluding carboxylic acids is 1. The molecule has 0 radical (unpaired) electrons. The van der Waals surface area contributed by atoms with Crippen molar-refractivity contribution in [3.8, 4) is 0 Å². The van der Waals surface area contributed by atoms with E-state index < -0.39 is 5.60 Å². The molecule has 1 saturated carbocycles. The minimum atomic E-state index is -0.446. The lowest BCUT2D eigenvalue weighted by molar-refractivity contribution is 0.00558. The first-order valence-electron chi connectivity index (χ1n) is 7.61. The summed E-state index contributed by atoms with van der Waals surface area (Å²) in [6, 6.07) is 0. The summed E-state index contributed by atoms with van der Waals surface area (Å²) in [7, 11) is 0. The normalized spacial score (nSPS) is 22.8. The Morgan fingerprint density at radius 1 is 1.35 bits per heavy atom. The van der Waals surface area contributed by atoms with Gasteiger partial charge in [-0.05, 0) is 52.4 Å². The van der Waals surface area contributed by atoms with Crippen LogP contribution in [0.25, 0.3) is 0 Å². The van der Waals surface area contributed by atoms with Gasteiger partial charge in [0.1, 0.15) is 5.60 Å². The largest absolute Gasteiger partial charge is 0.444 e. The second-order valence-electron chi connectivity index (χ2n) is 6.39. The second-order valence-corrected chi connectivity index (χ2v) is 6.39. The molecular weight excluding hydrogens is 258 g/mol. The number of aliphatic hydroxyl groups excluding tert-OH is 1. The molecule has 0 aliphatic heterocycles. The molecule has 0 heterocycles. The van der Waals surface area contributed by atoms with Crippen molar-refractivity contribution in [1.82, 2.24) is 5.32 Å². The number of alkyl carbamates (subject to hydrolysis) is 1. The smallest absolute Gasteiger partial charge is 0.407 e. The zero-order chi connectivity index (χ0) is 15.0. The molecule has 1 rings (SSSR count). The molecule has 118 valence electrons. The first-order chi connectivity index (χ1) is 9.42. The molecule has 5 nitrogen and oxygen atoms in total. The van der Waals surface area contributed by atoms with Gasteiger partial charge in [-0.3, -0.25) is 0 Å². The number of nitrogens with one attached hydrogen (secondary N) is 1. The molecule has 1 aliphatic carbocycles. The van der Waals surface area contributed by atoms with Crippen molar-refractivity contribution in [3.63, 3.8) is 0 Å². The highest BCUT2D eigenvalue weighted by Gasteiger charge is 2.27. The van der Waals surface area contributed by atoms with Crippen LogP contribution in [0.2, 0.25) is 0 Å². The molecule has 1 aliphatic rings. The standard InChI is InChI=1S/C15H29NO4/c1-15(2,3)20-14(18)16-9-5-7-12-6-4-8-13(12)19-11-10-17/h12-13,17H,4-11H2,1-3H3,(H,16,18)/t12-,13-/m0/s1. The van der Waals surface area contributed by atoms with Crippen molar-refractivity contribution in [2.24, 2.45) is 5.92 Å². The monoisotopic (exact) mass is 287 g/mol. The first kappa shape index (κ1) is 17.2. The summed E-state index contributed by atoms with van der Waals surface area (Å²) >= 11 is 0. The van der Waals surface area contributed by atoms with Gasteiger partial charge in [0, 0.05) is 6.54 Å². The number of rotatable bonds is 7. The zero-order valence-corrected chi connectivity index (χ0v) is 13.0. The fraction of sp³-hybridized carbons (Fsp3) is 0.933. The maximum absolute atomic E-state index is 11.5. The van der Waals surface area contributed by atoms with Crippen molar-refractivity contribution in [2.45, 2.75) is 64.6 Å². The van der Waals surface area contributed by atoms with E-state index >= 15 is 0 Å². The van der Waals surface area contributed by atoms with Crippen LogP contribution in [0.1, 0.15) is 52.9 Å². The number of carbonyl (C=O) groups is 1. The average Bonchev–Trinajstić information content (AvgIpc) is 2.77. The summed E-state index contributed by atoms with van der Waals surface area (Å²) in [5.41, 5.74) is -0.446. The third-order valence-electron chi connectivity index (χ3n) is 3.43. The molecule has 0 spiro atoms. The van der Waals surface area contributed by atoms with Crippen LogP contribution in [0.4, 0.5) is 4.79 Å². The predicted molar refractivity (Wildman–Crippen MR) is 77.6 cm³/mol. The molecule has 2 atom stereocenters. The number of aliphatic hydroxyl groups is 1. The lowest BCUT2D eigenvalue weighted by Crippen LogP contribution is -2.33. The van der Waals surface area contributed by atoms with E-state index in [0.717, 1.165) is 19.3 Å². The summed E-state index contributed by atoms with van der Waals surface area (Å²) in [4.78, 5) is 11.5. The summed E-state index contributed by atoms with van der Waals surface area (Å²) in [6.45, 7) is 6.72. The number of amides is 1. The van der Waals surface area contributed by atoms with Crippen LogP contribution >= 0.6 is 0 Å². The van der Waals surface area contributed by atoms with Gasteiger partial charge in [-0.15, -0.1) is 0 Å². The van der Waals surface area contributed by atoms with Gasteiger partial charge in [-0.1, -0.05) is 6.42 Å². The fourth-order valence-corrected chi connectivity index (χ4v) is 2.63. The third kappa shape index (κ3) is 7.10. The number of hydrogen-bond acceptors (Lipinski definition) is 4. The molecule has 0 unspecified atom stereocenters. The lowest BCUT2D eigenvalue weighted by atomic mass is 9.99. The predicted octanol–water partition coefficient (Wildman–Crippen LogP) is 2.47. The summed E-state index contributed by atoms with van der Waals surface area (Å²) in [6.07, 6.45) is 5.38. The molecule has 5 heteroatoms. The Kier molecular flexibility index (Phi) is 7.30. The van der Waals surface area contributed by atoms with Crippen molar-refractivity contribution >= 4 is 6.09 Å². The van der Waals surface area contributed by atoms with Crippen LogP contribution in [-0.4, -0.2) is 42.7 Å². The van der Waals surface area contributed by atoms with E-state index in [2.05, 4.69) is 5.32 Å². The van der Waals surface area contributed by atoms with E-state index in [1.165, 1.54) is 12.8 Å². The SMILES string of the molecule is CC(C)(C)OC(=O)NCCC[C@@H]1CCC[C@@H]1OCCO. The van der Waals surface area contributed by atoms with E-state index in [1.807, 2.05) is 20.8 Å². The van der Waals surface area contributed by atoms with Crippen molar-refractivity contribution < 1.29 is 19.4 Å². The van der Waals surface area contributed by atoms with Gasteiger partial charge in [0.2, 0.25) is 0 Å². The molecule has 0 aromatic rings. The Hall–Kier alpha value is -0.810. The van der Waals surface area contributed by atoms with E-state index in [1.54, 1.807) is 0 Å².